The van der Waals surface area contributed by atoms with Crippen molar-refractivity contribution in [2.45, 2.75) is 38.0 Å². The molecule has 0 atom stereocenters. The first-order valence-electron chi connectivity index (χ1n) is 4.47. The summed E-state index contributed by atoms with van der Waals surface area (Å²) < 4.78 is 0. The van der Waals surface area contributed by atoms with Crippen LogP contribution in [0.4, 0.5) is 0 Å². The molecule has 1 nitrogen and oxygen atoms in total. The highest BCUT2D eigenvalue weighted by molar-refractivity contribution is 6.23. The van der Waals surface area contributed by atoms with E-state index in [1.165, 1.54) is 25.9 Å². The van der Waals surface area contributed by atoms with Crippen molar-refractivity contribution in [2.24, 2.45) is 5.92 Å². The Morgan fingerprint density at radius 3 is 2.36 bits per heavy atom. The highest BCUT2D eigenvalue weighted by Crippen LogP contribution is 2.27. The lowest BCUT2D eigenvalue weighted by Crippen LogP contribution is -2.30. The lowest BCUT2D eigenvalue weighted by Gasteiger charge is -2.27. The number of hydrogen-bond donors (Lipinski definition) is 1. The predicted molar refractivity (Wildman–Crippen MR) is 50.1 cm³/mol. The van der Waals surface area contributed by atoms with Crippen LogP contribution in [0.25, 0.3) is 0 Å². The first-order chi connectivity index (χ1) is 5.08. The second kappa shape index (κ2) is 3.77. The van der Waals surface area contributed by atoms with E-state index in [4.69, 9.17) is 11.6 Å². The summed E-state index contributed by atoms with van der Waals surface area (Å²) in [6.45, 7) is 6.57. The quantitative estimate of drug-likeness (QED) is 0.636. The summed E-state index contributed by atoms with van der Waals surface area (Å²) in [5.74, 6) is 0.851. The van der Waals surface area contributed by atoms with Gasteiger partial charge in [0.1, 0.15) is 0 Å². The fourth-order valence-corrected chi connectivity index (χ4v) is 1.99. The zero-order valence-corrected chi connectivity index (χ0v) is 8.25. The molecule has 1 rings (SSSR count). The van der Waals surface area contributed by atoms with Crippen LogP contribution in [0.3, 0.4) is 0 Å². The van der Waals surface area contributed by atoms with Crippen LogP contribution in [0.5, 0.6) is 0 Å². The highest BCUT2D eigenvalue weighted by Gasteiger charge is 2.21. The molecule has 0 spiro atoms. The molecule has 0 aromatic heterocycles. The Morgan fingerprint density at radius 1 is 1.36 bits per heavy atom. The van der Waals surface area contributed by atoms with Crippen LogP contribution >= 0.6 is 11.6 Å². The lowest BCUT2D eigenvalue weighted by atomic mass is 9.89. The second-order valence-corrected chi connectivity index (χ2v) is 5.14. The molecule has 1 saturated heterocycles. The maximum atomic E-state index is 6.15. The molecule has 1 N–H and O–H groups in total. The summed E-state index contributed by atoms with van der Waals surface area (Å²) in [4.78, 5) is 0.00199. The molecule has 66 valence electrons. The van der Waals surface area contributed by atoms with E-state index in [-0.39, 0.29) is 4.87 Å². The third-order valence-electron chi connectivity index (χ3n) is 2.23. The molecular formula is C9H18ClN. The Kier molecular flexibility index (Phi) is 3.20. The van der Waals surface area contributed by atoms with E-state index in [0.29, 0.717) is 0 Å². The standard InChI is InChI=1S/C9H18ClN/c1-9(2,10)7-8-3-5-11-6-4-8/h8,11H,3-7H2,1-2H3. The van der Waals surface area contributed by atoms with Crippen LogP contribution in [0, 0.1) is 5.92 Å². The van der Waals surface area contributed by atoms with Crippen LogP contribution in [0.15, 0.2) is 0 Å². The fraction of sp³-hybridized carbons (Fsp3) is 1.00. The number of alkyl halides is 1. The highest BCUT2D eigenvalue weighted by atomic mass is 35.5. The summed E-state index contributed by atoms with van der Waals surface area (Å²) in [5.41, 5.74) is 0. The zero-order chi connectivity index (χ0) is 8.32. The Morgan fingerprint density at radius 2 is 1.91 bits per heavy atom. The van der Waals surface area contributed by atoms with Gasteiger partial charge in [-0.25, -0.2) is 0 Å². The predicted octanol–water partition coefficient (Wildman–Crippen LogP) is 2.39. The maximum absolute atomic E-state index is 6.15. The van der Waals surface area contributed by atoms with E-state index < -0.39 is 0 Å². The van der Waals surface area contributed by atoms with E-state index in [1.54, 1.807) is 0 Å². The topological polar surface area (TPSA) is 12.0 Å². The minimum absolute atomic E-state index is 0.00199. The lowest BCUT2D eigenvalue weighted by molar-refractivity contribution is 0.328. The van der Waals surface area contributed by atoms with Gasteiger partial charge in [0.05, 0.1) is 0 Å². The van der Waals surface area contributed by atoms with Gasteiger partial charge >= 0.3 is 0 Å². The van der Waals surface area contributed by atoms with Crippen molar-refractivity contribution in [3.05, 3.63) is 0 Å². The van der Waals surface area contributed by atoms with Gasteiger partial charge < -0.3 is 5.32 Å². The van der Waals surface area contributed by atoms with Gasteiger partial charge in [0, 0.05) is 4.87 Å². The largest absolute Gasteiger partial charge is 0.317 e. The number of rotatable bonds is 2. The van der Waals surface area contributed by atoms with Crippen LogP contribution in [-0.4, -0.2) is 18.0 Å². The first-order valence-corrected chi connectivity index (χ1v) is 4.85. The van der Waals surface area contributed by atoms with Crippen molar-refractivity contribution in [2.75, 3.05) is 13.1 Å². The summed E-state index contributed by atoms with van der Waals surface area (Å²) >= 11 is 6.15. The van der Waals surface area contributed by atoms with Crippen molar-refractivity contribution in [3.63, 3.8) is 0 Å². The molecule has 0 aromatic carbocycles. The van der Waals surface area contributed by atoms with Crippen molar-refractivity contribution in [1.29, 1.82) is 0 Å². The Bertz CT molecular complexity index is 111. The number of piperidine rings is 1. The fourth-order valence-electron chi connectivity index (χ4n) is 1.77. The molecule has 0 bridgehead atoms. The molecule has 0 aliphatic carbocycles. The van der Waals surface area contributed by atoms with Gasteiger partial charge in [-0.15, -0.1) is 11.6 Å². The third-order valence-corrected chi connectivity index (χ3v) is 2.39. The molecule has 0 radical (unpaired) electrons. The molecule has 1 aliphatic heterocycles. The average molecular weight is 176 g/mol. The van der Waals surface area contributed by atoms with E-state index in [2.05, 4.69) is 19.2 Å². The number of nitrogens with one attached hydrogen (secondary N) is 1. The van der Waals surface area contributed by atoms with Crippen LogP contribution in [0.2, 0.25) is 0 Å². The van der Waals surface area contributed by atoms with Crippen LogP contribution < -0.4 is 5.32 Å². The Labute approximate surface area is 74.5 Å². The smallest absolute Gasteiger partial charge is 0.0393 e. The van der Waals surface area contributed by atoms with Crippen molar-refractivity contribution >= 4 is 11.6 Å². The van der Waals surface area contributed by atoms with E-state index in [9.17, 15) is 0 Å². The summed E-state index contributed by atoms with van der Waals surface area (Å²) in [5, 5.41) is 3.36. The molecule has 2 heteroatoms. The number of halogens is 1. The van der Waals surface area contributed by atoms with Gasteiger partial charge in [-0.3, -0.25) is 0 Å². The molecule has 0 amide bonds. The molecule has 1 fully saturated rings. The summed E-state index contributed by atoms with van der Waals surface area (Å²) in [6, 6.07) is 0. The maximum Gasteiger partial charge on any atom is 0.0393 e. The zero-order valence-electron chi connectivity index (χ0n) is 7.49. The third kappa shape index (κ3) is 3.97. The molecule has 0 saturated carbocycles. The molecule has 1 aliphatic rings. The van der Waals surface area contributed by atoms with Gasteiger partial charge in [0.25, 0.3) is 0 Å². The minimum atomic E-state index is 0.00199. The molecule has 0 aromatic rings. The SMILES string of the molecule is CC(C)(Cl)CC1CCNCC1. The van der Waals surface area contributed by atoms with Crippen LogP contribution in [-0.2, 0) is 0 Å². The normalized spacial score (nSPS) is 22.1. The second-order valence-electron chi connectivity index (χ2n) is 4.12. The van der Waals surface area contributed by atoms with Gasteiger partial charge in [-0.2, -0.15) is 0 Å². The minimum Gasteiger partial charge on any atom is -0.317 e. The molecular weight excluding hydrogens is 158 g/mol. The van der Waals surface area contributed by atoms with Crippen molar-refractivity contribution in [3.8, 4) is 0 Å². The monoisotopic (exact) mass is 175 g/mol. The molecule has 11 heavy (non-hydrogen) atoms. The van der Waals surface area contributed by atoms with Crippen molar-refractivity contribution in [1.82, 2.24) is 5.32 Å². The van der Waals surface area contributed by atoms with Gasteiger partial charge in [0.15, 0.2) is 0 Å². The molecule has 1 heterocycles. The van der Waals surface area contributed by atoms with Crippen LogP contribution in [0.1, 0.15) is 33.1 Å². The average Bonchev–Trinajstić information content (AvgIpc) is 1.85. The van der Waals surface area contributed by atoms with E-state index >= 15 is 0 Å². The Balaban J connectivity index is 2.24. The van der Waals surface area contributed by atoms with Gasteiger partial charge in [0.2, 0.25) is 0 Å². The molecule has 0 unspecified atom stereocenters. The van der Waals surface area contributed by atoms with E-state index in [1.807, 2.05) is 0 Å². The van der Waals surface area contributed by atoms with Gasteiger partial charge in [-0.05, 0) is 52.1 Å². The number of hydrogen-bond acceptors (Lipinski definition) is 1. The Hall–Kier alpha value is 0.250. The summed E-state index contributed by atoms with van der Waals surface area (Å²) in [7, 11) is 0. The van der Waals surface area contributed by atoms with Gasteiger partial charge in [-0.1, -0.05) is 0 Å². The summed E-state index contributed by atoms with van der Waals surface area (Å²) in [6.07, 6.45) is 3.77. The van der Waals surface area contributed by atoms with E-state index in [0.717, 1.165) is 12.3 Å². The van der Waals surface area contributed by atoms with Crippen molar-refractivity contribution < 1.29 is 0 Å². The first kappa shape index (κ1) is 9.34.